The van der Waals surface area contributed by atoms with E-state index in [9.17, 15) is 24.6 Å². The molecule has 6 N–H and O–H groups in total. The van der Waals surface area contributed by atoms with Crippen molar-refractivity contribution in [3.05, 3.63) is 65.2 Å². The third kappa shape index (κ3) is 6.99. The number of hydrogen-bond donors (Lipinski definition) is 6. The summed E-state index contributed by atoms with van der Waals surface area (Å²) in [7, 11) is 0. The molecule has 0 spiro atoms. The van der Waals surface area contributed by atoms with Crippen molar-refractivity contribution < 1.29 is 34.1 Å². The predicted octanol–water partition coefficient (Wildman–Crippen LogP) is 1.67. The maximum Gasteiger partial charge on any atom is 0.407 e. The fourth-order valence-electron chi connectivity index (χ4n) is 6.98. The van der Waals surface area contributed by atoms with Gasteiger partial charge in [-0.15, -0.1) is 0 Å². The van der Waals surface area contributed by atoms with Gasteiger partial charge in [-0.25, -0.2) is 9.59 Å². The van der Waals surface area contributed by atoms with Crippen LogP contribution < -0.4 is 21.3 Å². The van der Waals surface area contributed by atoms with Crippen molar-refractivity contribution in [3.63, 3.8) is 0 Å². The molecule has 44 heavy (non-hydrogen) atoms. The van der Waals surface area contributed by atoms with Crippen molar-refractivity contribution in [3.8, 4) is 0 Å². The summed E-state index contributed by atoms with van der Waals surface area (Å²) >= 11 is 0. The summed E-state index contributed by atoms with van der Waals surface area (Å²) in [4.78, 5) is 40.2. The van der Waals surface area contributed by atoms with Gasteiger partial charge >= 0.3 is 12.1 Å². The number of carbonyl (C=O) groups excluding carboxylic acids is 3. The Morgan fingerprint density at radius 1 is 1.09 bits per heavy atom. The van der Waals surface area contributed by atoms with Gasteiger partial charge in [-0.1, -0.05) is 36.4 Å². The number of hydrogen-bond acceptors (Lipinski definition) is 8. The zero-order valence-electron chi connectivity index (χ0n) is 24.6. The number of urea groups is 1. The average molecular weight is 608 g/mol. The molecule has 4 aliphatic rings. The van der Waals surface area contributed by atoms with Crippen LogP contribution in [0, 0.1) is 11.8 Å². The Labute approximate surface area is 256 Å². The van der Waals surface area contributed by atoms with E-state index in [1.54, 1.807) is 18.2 Å². The average Bonchev–Trinajstić information content (AvgIpc) is 3.70. The minimum atomic E-state index is -1.07. The van der Waals surface area contributed by atoms with Gasteiger partial charge in [0, 0.05) is 56.4 Å². The number of aliphatic hydroxyl groups excluding tert-OH is 2. The Bertz CT molecular complexity index is 1320. The number of anilines is 1. The fourth-order valence-corrected chi connectivity index (χ4v) is 6.98. The summed E-state index contributed by atoms with van der Waals surface area (Å²) in [5.74, 6) is 0.140. The zero-order chi connectivity index (χ0) is 30.6. The Kier molecular flexibility index (Phi) is 9.31. The van der Waals surface area contributed by atoms with Crippen LogP contribution in [-0.2, 0) is 27.3 Å². The third-order valence-electron chi connectivity index (χ3n) is 9.23. The molecule has 6 rings (SSSR count). The quantitative estimate of drug-likeness (QED) is 0.225. The first-order chi connectivity index (χ1) is 21.4. The summed E-state index contributed by atoms with van der Waals surface area (Å²) in [5.41, 5.74) is 2.97. The first kappa shape index (κ1) is 30.3. The van der Waals surface area contributed by atoms with Crippen LogP contribution in [0.1, 0.15) is 42.0 Å². The lowest BCUT2D eigenvalue weighted by atomic mass is 9.97. The van der Waals surface area contributed by atoms with Gasteiger partial charge < -0.3 is 41.0 Å². The maximum absolute atomic E-state index is 13.4. The molecule has 4 unspecified atom stereocenters. The van der Waals surface area contributed by atoms with E-state index in [0.29, 0.717) is 55.2 Å². The number of alkyl carbamates (subject to hydrolysis) is 1. The van der Waals surface area contributed by atoms with E-state index in [1.807, 2.05) is 35.2 Å². The van der Waals surface area contributed by atoms with E-state index in [2.05, 4.69) is 21.3 Å². The Hall–Kier alpha value is -3.71. The summed E-state index contributed by atoms with van der Waals surface area (Å²) in [6, 6.07) is 13.2. The molecule has 12 nitrogen and oxygen atoms in total. The molecule has 3 heterocycles. The topological polar surface area (TPSA) is 161 Å². The number of fused-ring (bicyclic) bond motifs is 2. The highest BCUT2D eigenvalue weighted by Gasteiger charge is 2.41. The van der Waals surface area contributed by atoms with Crippen LogP contribution in [0.5, 0.6) is 0 Å². The van der Waals surface area contributed by atoms with Crippen molar-refractivity contribution >= 4 is 23.7 Å². The molecular formula is C32H41N5O7. The van der Waals surface area contributed by atoms with Crippen molar-refractivity contribution in [2.45, 2.75) is 62.7 Å². The molecule has 0 aromatic heterocycles. The molecule has 12 heteroatoms. The highest BCUT2D eigenvalue weighted by Crippen LogP contribution is 2.38. The molecule has 2 saturated heterocycles. The van der Waals surface area contributed by atoms with Crippen molar-refractivity contribution in [2.24, 2.45) is 11.8 Å². The molecule has 0 radical (unpaired) electrons. The van der Waals surface area contributed by atoms with Gasteiger partial charge in [0.15, 0.2) is 0 Å². The van der Waals surface area contributed by atoms with Gasteiger partial charge in [0.1, 0.15) is 12.1 Å². The van der Waals surface area contributed by atoms with Gasteiger partial charge in [0.05, 0.1) is 24.9 Å². The molecule has 3 fully saturated rings. The molecule has 2 aromatic carbocycles. The number of nitrogens with one attached hydrogen (secondary N) is 4. The van der Waals surface area contributed by atoms with Gasteiger partial charge in [-0.3, -0.25) is 9.69 Å². The lowest BCUT2D eigenvalue weighted by Gasteiger charge is -2.36. The standard InChI is InChI=1S/C32H41N5O7/c38-18-20-6-7-25-24(10-20)29(30(40)35-25)37(16-21-14-33-31(41)34-15-21)17-27(39)26(11-19-4-2-1-3-5-19)36-32(42)44-23-12-22-8-9-43-28(22)13-23/h1-7,10,21-23,26-29,38-39H,8-9,11-18H2,(H,35,40)(H,36,42)(H2,33,34,41)/t22?,23?,26?,27-,28-,29?/m1/s1. The molecule has 3 aliphatic heterocycles. The first-order valence-corrected chi connectivity index (χ1v) is 15.5. The summed E-state index contributed by atoms with van der Waals surface area (Å²) in [5, 5.41) is 33.0. The second kappa shape index (κ2) is 13.5. The van der Waals surface area contributed by atoms with E-state index in [0.717, 1.165) is 25.0 Å². The van der Waals surface area contributed by atoms with Crippen LogP contribution in [0.15, 0.2) is 48.5 Å². The smallest absolute Gasteiger partial charge is 0.407 e. The molecule has 1 saturated carbocycles. The molecular weight excluding hydrogens is 566 g/mol. The molecule has 236 valence electrons. The van der Waals surface area contributed by atoms with Crippen LogP contribution in [0.25, 0.3) is 0 Å². The van der Waals surface area contributed by atoms with Crippen LogP contribution in [0.3, 0.4) is 0 Å². The van der Waals surface area contributed by atoms with Crippen LogP contribution in [0.4, 0.5) is 15.3 Å². The van der Waals surface area contributed by atoms with Gasteiger partial charge in [0.25, 0.3) is 0 Å². The molecule has 0 bridgehead atoms. The Balaban J connectivity index is 1.21. The summed E-state index contributed by atoms with van der Waals surface area (Å²) < 4.78 is 11.6. The molecule has 2 aromatic rings. The second-order valence-corrected chi connectivity index (χ2v) is 12.3. The second-order valence-electron chi connectivity index (χ2n) is 12.3. The van der Waals surface area contributed by atoms with E-state index in [-0.39, 0.29) is 43.2 Å². The van der Waals surface area contributed by atoms with Crippen molar-refractivity contribution in [1.29, 1.82) is 0 Å². The number of nitrogens with zero attached hydrogens (tertiary/aromatic N) is 1. The van der Waals surface area contributed by atoms with E-state index >= 15 is 0 Å². The van der Waals surface area contributed by atoms with Crippen LogP contribution >= 0.6 is 0 Å². The molecule has 4 amide bonds. The first-order valence-electron chi connectivity index (χ1n) is 15.5. The highest BCUT2D eigenvalue weighted by atomic mass is 16.6. The number of benzene rings is 2. The van der Waals surface area contributed by atoms with Gasteiger partial charge in [-0.2, -0.15) is 0 Å². The van der Waals surface area contributed by atoms with Crippen LogP contribution in [-0.4, -0.2) is 90.3 Å². The number of carbonyl (C=O) groups is 3. The van der Waals surface area contributed by atoms with E-state index in [1.165, 1.54) is 0 Å². The zero-order valence-corrected chi connectivity index (χ0v) is 24.6. The number of aliphatic hydroxyl groups is 2. The van der Waals surface area contributed by atoms with Gasteiger partial charge in [0.2, 0.25) is 5.91 Å². The Morgan fingerprint density at radius 3 is 2.64 bits per heavy atom. The minimum absolute atomic E-state index is 0.0349. The summed E-state index contributed by atoms with van der Waals surface area (Å²) in [6.07, 6.45) is 1.03. The van der Waals surface area contributed by atoms with E-state index in [4.69, 9.17) is 9.47 Å². The normalized spacial score (nSPS) is 25.9. The number of amides is 4. The highest BCUT2D eigenvalue weighted by molar-refractivity contribution is 6.02. The van der Waals surface area contributed by atoms with Gasteiger partial charge in [-0.05, 0) is 48.4 Å². The maximum atomic E-state index is 13.4. The predicted molar refractivity (Wildman–Crippen MR) is 161 cm³/mol. The fraction of sp³-hybridized carbons (Fsp3) is 0.531. The lowest BCUT2D eigenvalue weighted by molar-refractivity contribution is -0.121. The summed E-state index contributed by atoms with van der Waals surface area (Å²) in [6.45, 7) is 1.87. The number of rotatable bonds is 11. The third-order valence-corrected chi connectivity index (χ3v) is 9.23. The molecule has 1 aliphatic carbocycles. The number of ether oxygens (including phenoxy) is 2. The largest absolute Gasteiger partial charge is 0.446 e. The minimum Gasteiger partial charge on any atom is -0.446 e. The molecule has 6 atom stereocenters. The van der Waals surface area contributed by atoms with Crippen molar-refractivity contribution in [1.82, 2.24) is 20.9 Å². The monoisotopic (exact) mass is 607 g/mol. The van der Waals surface area contributed by atoms with Crippen molar-refractivity contribution in [2.75, 3.05) is 38.1 Å². The SMILES string of the molecule is O=C1NCC(CN(C[C@@H](O)C(Cc2ccccc2)NC(=O)OC2CC3CCO[C@@H]3C2)C2C(=O)Nc3ccc(CO)cc32)CN1. The van der Waals surface area contributed by atoms with Crippen LogP contribution in [0.2, 0.25) is 0 Å². The van der Waals surface area contributed by atoms with E-state index < -0.39 is 24.3 Å². The Morgan fingerprint density at radius 2 is 1.89 bits per heavy atom. The lowest BCUT2D eigenvalue weighted by Crippen LogP contribution is -2.55.